The third-order valence-corrected chi connectivity index (χ3v) is 0. The van der Waals surface area contributed by atoms with E-state index in [1.807, 2.05) is 0 Å². The molecule has 130 valence electrons. The molecule has 0 rings (SSSR count). The molecule has 0 aromatic heterocycles. The fourth-order valence-corrected chi connectivity index (χ4v) is 0. The summed E-state index contributed by atoms with van der Waals surface area (Å²) in [5.74, 6) is 0. The Balaban J connectivity index is -0.00000000640. The van der Waals surface area contributed by atoms with Crippen LogP contribution in [0, 0.1) is 0 Å². The quantitative estimate of drug-likeness (QED) is 0.247. The van der Waals surface area contributed by atoms with Crippen molar-refractivity contribution in [2.24, 2.45) is 0 Å². The molecule has 0 aromatic carbocycles. The molecule has 0 N–H and O–H groups in total. The van der Waals surface area contributed by atoms with E-state index in [1.54, 1.807) is 0 Å². The van der Waals surface area contributed by atoms with Crippen molar-refractivity contribution in [1.82, 2.24) is 0 Å². The van der Waals surface area contributed by atoms with Gasteiger partial charge in [0.15, 0.2) is 0 Å². The summed E-state index contributed by atoms with van der Waals surface area (Å²) in [7, 11) is 0. The molecule has 0 aromatic rings. The predicted octanol–water partition coefficient (Wildman–Crippen LogP) is -9.97. The molecule has 0 atom stereocenters. The van der Waals surface area contributed by atoms with Crippen LogP contribution in [0.2, 0.25) is 0 Å². The van der Waals surface area contributed by atoms with Crippen LogP contribution in [0.4, 0.5) is 0 Å². The topological polar surface area (TPSA) is 222 Å². The Morgan fingerprint density at radius 3 is 0.115 bits per heavy atom. The molecule has 0 radical (unpaired) electrons. The van der Waals surface area contributed by atoms with E-state index in [4.69, 9.17) is 49.4 Å². The standard InChI is InChI=1S/13Al.13O.13H. The van der Waals surface area contributed by atoms with Crippen LogP contribution in [0.1, 0.15) is 0 Å². The number of hydrogen-bond acceptors (Lipinski definition) is 13. The molecule has 0 heterocycles. The van der Waals surface area contributed by atoms with E-state index in [0.29, 0.717) is 211 Å². The van der Waals surface area contributed by atoms with Crippen LogP contribution in [-0.2, 0) is 49.4 Å². The molecular formula is H13Al13O13. The first kappa shape index (κ1) is 86.9. The van der Waals surface area contributed by atoms with E-state index in [1.165, 1.54) is 0 Å². The zero-order chi connectivity index (χ0) is 26.0. The summed E-state index contributed by atoms with van der Waals surface area (Å²) >= 11 is 7.94. The Bertz CT molecular complexity index is 74.1. The van der Waals surface area contributed by atoms with Gasteiger partial charge in [0, 0.05) is 0 Å². The van der Waals surface area contributed by atoms with E-state index < -0.39 is 0 Å². The van der Waals surface area contributed by atoms with Crippen LogP contribution in [0.25, 0.3) is 0 Å². The molecule has 26 heavy (non-hydrogen) atoms. The zero-order valence-corrected chi connectivity index (χ0v) is 32.9. The Morgan fingerprint density at radius 1 is 0.115 bits per heavy atom. The average Bonchev–Trinajstić information content (AvgIpc) is 2.90. The van der Waals surface area contributed by atoms with Gasteiger partial charge in [0.05, 0.1) is 0 Å². The summed E-state index contributed by atoms with van der Waals surface area (Å²) < 4.78 is 108. The van der Waals surface area contributed by atoms with E-state index in [-0.39, 0.29) is 0 Å². The molecule has 0 saturated carbocycles. The van der Waals surface area contributed by atoms with E-state index >= 15 is 0 Å². The molecule has 0 aliphatic heterocycles. The first-order valence-corrected chi connectivity index (χ1v) is 11.3. The normalized spacial score (nSPS) is 1.50. The minimum atomic E-state index is 0.611. The van der Waals surface area contributed by atoms with Crippen LogP contribution in [-0.4, -0.2) is 211 Å². The SMILES string of the molecule is [O]=[AlH].[O]=[AlH].[O]=[AlH].[O]=[AlH].[O]=[AlH].[O]=[AlH].[O]=[AlH].[O]=[AlH].[O]=[AlH].[O]=[AlH].[O]=[AlH].[O]=[AlH].[O]=[AlH]. The van der Waals surface area contributed by atoms with Gasteiger partial charge in [-0.15, -0.1) is 0 Å². The average molecular weight is 572 g/mol. The van der Waals surface area contributed by atoms with Crippen LogP contribution in [0.3, 0.4) is 0 Å². The van der Waals surface area contributed by atoms with Crippen molar-refractivity contribution < 1.29 is 49.4 Å². The summed E-state index contributed by atoms with van der Waals surface area (Å²) in [5, 5.41) is 0. The fraction of sp³-hybridized carbons (Fsp3) is 0. The molecule has 0 aliphatic carbocycles. The zero-order valence-electron chi connectivity index (χ0n) is 14.5. The van der Waals surface area contributed by atoms with Crippen LogP contribution < -0.4 is 0 Å². The van der Waals surface area contributed by atoms with Gasteiger partial charge >= 0.3 is 260 Å². The van der Waals surface area contributed by atoms with Gasteiger partial charge < -0.3 is 0 Å². The monoisotopic (exact) mass is 572 g/mol. The van der Waals surface area contributed by atoms with Crippen molar-refractivity contribution in [3.63, 3.8) is 0 Å². The minimum absolute atomic E-state index is 0.611. The molecule has 0 fully saturated rings. The van der Waals surface area contributed by atoms with Crippen molar-refractivity contribution in [2.75, 3.05) is 0 Å². The molecule has 0 amide bonds. The Kier molecular flexibility index (Phi) is 4210. The summed E-state index contributed by atoms with van der Waals surface area (Å²) in [6.45, 7) is 0. The van der Waals surface area contributed by atoms with Crippen LogP contribution >= 0.6 is 0 Å². The maximum absolute atomic E-state index is 8.28. The molecular weight excluding hydrogens is 559 g/mol. The van der Waals surface area contributed by atoms with E-state index in [9.17, 15) is 0 Å². The summed E-state index contributed by atoms with van der Waals surface area (Å²) in [5.41, 5.74) is 0. The molecule has 0 unspecified atom stereocenters. The van der Waals surface area contributed by atoms with Gasteiger partial charge in [-0.1, -0.05) is 0 Å². The van der Waals surface area contributed by atoms with Gasteiger partial charge in [-0.25, -0.2) is 0 Å². The Morgan fingerprint density at radius 2 is 0.115 bits per heavy atom. The summed E-state index contributed by atoms with van der Waals surface area (Å²) in [6, 6.07) is 0. The molecule has 26 heteroatoms. The van der Waals surface area contributed by atoms with Crippen molar-refractivity contribution in [2.45, 2.75) is 0 Å². The van der Waals surface area contributed by atoms with Gasteiger partial charge in [-0.3, -0.25) is 0 Å². The predicted molar refractivity (Wildman–Crippen MR) is 102 cm³/mol. The Hall–Kier alpha value is 4.32. The van der Waals surface area contributed by atoms with Gasteiger partial charge in [0.25, 0.3) is 0 Å². The van der Waals surface area contributed by atoms with Crippen LogP contribution in [0.5, 0.6) is 0 Å². The van der Waals surface area contributed by atoms with Crippen molar-refractivity contribution >= 4 is 211 Å². The van der Waals surface area contributed by atoms with Crippen molar-refractivity contribution in [3.05, 3.63) is 0 Å². The molecule has 0 saturated heterocycles. The van der Waals surface area contributed by atoms with Crippen LogP contribution in [0.15, 0.2) is 0 Å². The van der Waals surface area contributed by atoms with Gasteiger partial charge in [-0.2, -0.15) is 0 Å². The second kappa shape index (κ2) is 1260. The fourth-order valence-electron chi connectivity index (χ4n) is 0. The molecule has 13 nitrogen and oxygen atoms in total. The summed E-state index contributed by atoms with van der Waals surface area (Å²) in [6.07, 6.45) is 0. The number of hydrogen-bond donors (Lipinski definition) is 0. The van der Waals surface area contributed by atoms with Gasteiger partial charge in [0.1, 0.15) is 0 Å². The van der Waals surface area contributed by atoms with Gasteiger partial charge in [0.2, 0.25) is 0 Å². The van der Waals surface area contributed by atoms with E-state index in [0.717, 1.165) is 0 Å². The summed E-state index contributed by atoms with van der Waals surface area (Å²) in [4.78, 5) is 0. The second-order valence-corrected chi connectivity index (χ2v) is 0. The molecule has 0 spiro atoms. The van der Waals surface area contributed by atoms with Gasteiger partial charge in [-0.05, 0) is 0 Å². The maximum atomic E-state index is 8.28. The third-order valence-electron chi connectivity index (χ3n) is 0. The first-order valence-electron chi connectivity index (χ1n) is 3.75. The first-order chi connectivity index (χ1) is 13.0. The van der Waals surface area contributed by atoms with E-state index in [2.05, 4.69) is 0 Å². The second-order valence-electron chi connectivity index (χ2n) is 0. The number of rotatable bonds is 0. The van der Waals surface area contributed by atoms with Crippen molar-refractivity contribution in [1.29, 1.82) is 0 Å². The third kappa shape index (κ3) is 1130. The molecule has 0 aliphatic rings. The molecule has 0 bridgehead atoms. The Labute approximate surface area is 255 Å². The van der Waals surface area contributed by atoms with Crippen molar-refractivity contribution in [3.8, 4) is 0 Å².